The summed E-state index contributed by atoms with van der Waals surface area (Å²) in [6.07, 6.45) is 0. The number of rotatable bonds is 0. The molecule has 0 radical (unpaired) electrons. The molecule has 1 fully saturated rings. The van der Waals surface area contributed by atoms with Crippen LogP contribution in [0.25, 0.3) is 0 Å². The zero-order valence-electron chi connectivity index (χ0n) is 7.58. The summed E-state index contributed by atoms with van der Waals surface area (Å²) in [5.74, 6) is -0.539. The first-order valence-corrected chi connectivity index (χ1v) is 4.38. The van der Waals surface area contributed by atoms with Crippen molar-refractivity contribution in [2.45, 2.75) is 5.60 Å². The number of para-hydroxylation sites is 1. The first-order valence-electron chi connectivity index (χ1n) is 4.38. The fourth-order valence-electron chi connectivity index (χ4n) is 2.02. The van der Waals surface area contributed by atoms with Crippen LogP contribution in [0.15, 0.2) is 18.2 Å². The molecule has 4 heteroatoms. The summed E-state index contributed by atoms with van der Waals surface area (Å²) < 4.78 is 18.6. The topological polar surface area (TPSA) is 32.8 Å². The Hall–Kier alpha value is -1.42. The summed E-state index contributed by atoms with van der Waals surface area (Å²) in [6.45, 7) is 0.368. The Morgan fingerprint density at radius 3 is 2.93 bits per heavy atom. The van der Waals surface area contributed by atoms with E-state index in [2.05, 4.69) is 0 Å². The van der Waals surface area contributed by atoms with Gasteiger partial charge < -0.3 is 9.64 Å². The third-order valence-electron chi connectivity index (χ3n) is 2.84. The van der Waals surface area contributed by atoms with Gasteiger partial charge in [0.05, 0.1) is 12.3 Å². The van der Waals surface area contributed by atoms with Gasteiger partial charge in [-0.1, -0.05) is 12.1 Å². The van der Waals surface area contributed by atoms with Crippen molar-refractivity contribution < 1.29 is 13.9 Å². The first-order chi connectivity index (χ1) is 6.67. The lowest BCUT2D eigenvalue weighted by molar-refractivity contribution is -0.122. The van der Waals surface area contributed by atoms with Gasteiger partial charge in [-0.2, -0.15) is 0 Å². The zero-order chi connectivity index (χ0) is 9.92. The molecule has 2 aliphatic heterocycles. The van der Waals surface area contributed by atoms with Crippen LogP contribution in [0.2, 0.25) is 0 Å². The number of hydrogen-bond acceptors (Lipinski definition) is 2. The maximum absolute atomic E-state index is 13.4. The van der Waals surface area contributed by atoms with E-state index in [0.29, 0.717) is 17.9 Å². The number of hydrogen-bond donors (Lipinski definition) is 0. The van der Waals surface area contributed by atoms with Crippen molar-refractivity contribution in [1.82, 2.24) is 0 Å². The highest BCUT2D eigenvalue weighted by atomic mass is 19.1. The minimum Gasteiger partial charge on any atom is -0.354 e. The number of fused-ring (bicyclic) bond motifs is 2. The number of carbonyl (C=O) groups is 1. The van der Waals surface area contributed by atoms with Crippen LogP contribution in [0.1, 0.15) is 5.56 Å². The average Bonchev–Trinajstić information content (AvgIpc) is 2.92. The van der Waals surface area contributed by atoms with Gasteiger partial charge in [-0.15, -0.1) is 0 Å². The molecule has 0 aliphatic carbocycles. The van der Waals surface area contributed by atoms with E-state index >= 15 is 0 Å². The molecular weight excluding hydrogens is 185 g/mol. The summed E-state index contributed by atoms with van der Waals surface area (Å²) >= 11 is 0. The molecule has 2 heterocycles. The van der Waals surface area contributed by atoms with Crippen molar-refractivity contribution in [3.8, 4) is 0 Å². The fourth-order valence-corrected chi connectivity index (χ4v) is 2.02. The molecule has 1 amide bonds. The van der Waals surface area contributed by atoms with Crippen molar-refractivity contribution in [2.75, 3.05) is 18.6 Å². The quantitative estimate of drug-likeness (QED) is 0.576. The van der Waals surface area contributed by atoms with Gasteiger partial charge >= 0.3 is 0 Å². The van der Waals surface area contributed by atoms with Gasteiger partial charge in [0, 0.05) is 12.6 Å². The molecule has 0 aromatic heterocycles. The molecule has 2 aliphatic rings. The number of nitrogens with zero attached hydrogens (tertiary/aromatic N) is 1. The van der Waals surface area contributed by atoms with E-state index in [1.54, 1.807) is 19.2 Å². The summed E-state index contributed by atoms with van der Waals surface area (Å²) in [5, 5.41) is 0. The van der Waals surface area contributed by atoms with Gasteiger partial charge in [0.1, 0.15) is 5.82 Å². The molecule has 3 rings (SSSR count). The van der Waals surface area contributed by atoms with Gasteiger partial charge in [0.25, 0.3) is 5.91 Å². The van der Waals surface area contributed by atoms with E-state index in [4.69, 9.17) is 4.74 Å². The molecule has 0 bridgehead atoms. The highest BCUT2D eigenvalue weighted by Gasteiger charge is 2.61. The number of benzene rings is 1. The Bertz CT molecular complexity index is 440. The van der Waals surface area contributed by atoms with Crippen LogP contribution >= 0.6 is 0 Å². The molecule has 1 aromatic carbocycles. The molecule has 1 saturated heterocycles. The lowest BCUT2D eigenvalue weighted by Crippen LogP contribution is -2.29. The predicted octanol–water partition coefficient (Wildman–Crippen LogP) is 1.03. The van der Waals surface area contributed by atoms with Crippen molar-refractivity contribution in [3.05, 3.63) is 29.6 Å². The first kappa shape index (κ1) is 7.94. The third kappa shape index (κ3) is 0.688. The van der Waals surface area contributed by atoms with Crippen LogP contribution in [0.4, 0.5) is 10.1 Å². The molecule has 1 atom stereocenters. The average molecular weight is 193 g/mol. The normalized spacial score (nSPS) is 28.4. The summed E-state index contributed by atoms with van der Waals surface area (Å²) in [6, 6.07) is 4.70. The lowest BCUT2D eigenvalue weighted by atomic mass is 10.0. The number of anilines is 1. The van der Waals surface area contributed by atoms with Gasteiger partial charge in [-0.3, -0.25) is 4.79 Å². The summed E-state index contributed by atoms with van der Waals surface area (Å²) in [4.78, 5) is 13.1. The highest BCUT2D eigenvalue weighted by Crippen LogP contribution is 2.50. The van der Waals surface area contributed by atoms with E-state index in [-0.39, 0.29) is 11.7 Å². The molecular formula is C10H8FNO2. The maximum atomic E-state index is 13.4. The molecule has 0 N–H and O–H groups in total. The molecule has 72 valence electrons. The van der Waals surface area contributed by atoms with Crippen LogP contribution in [-0.2, 0) is 15.1 Å². The van der Waals surface area contributed by atoms with Crippen LogP contribution in [0.3, 0.4) is 0 Å². The molecule has 1 spiro atoms. The number of likely N-dealkylation sites (N-methyl/N-ethyl adjacent to an activating group) is 1. The van der Waals surface area contributed by atoms with Crippen molar-refractivity contribution in [1.29, 1.82) is 0 Å². The Kier molecular flexibility index (Phi) is 1.22. The van der Waals surface area contributed by atoms with Gasteiger partial charge in [0.2, 0.25) is 0 Å². The number of epoxide rings is 1. The Morgan fingerprint density at radius 2 is 2.29 bits per heavy atom. The lowest BCUT2D eigenvalue weighted by Gasteiger charge is -2.09. The second-order valence-electron chi connectivity index (χ2n) is 3.62. The summed E-state index contributed by atoms with van der Waals surface area (Å²) in [5.41, 5.74) is 0.159. The number of amides is 1. The smallest absolute Gasteiger partial charge is 0.266 e. The van der Waals surface area contributed by atoms with E-state index in [0.717, 1.165) is 0 Å². The van der Waals surface area contributed by atoms with Gasteiger partial charge in [-0.05, 0) is 6.07 Å². The third-order valence-corrected chi connectivity index (χ3v) is 2.84. The van der Waals surface area contributed by atoms with E-state index in [1.165, 1.54) is 11.0 Å². The second-order valence-corrected chi connectivity index (χ2v) is 3.62. The largest absolute Gasteiger partial charge is 0.354 e. The van der Waals surface area contributed by atoms with Gasteiger partial charge in [0.15, 0.2) is 5.60 Å². The van der Waals surface area contributed by atoms with Crippen LogP contribution in [0.5, 0.6) is 0 Å². The summed E-state index contributed by atoms with van der Waals surface area (Å²) in [7, 11) is 1.57. The highest BCUT2D eigenvalue weighted by molar-refractivity contribution is 6.08. The van der Waals surface area contributed by atoms with Crippen LogP contribution < -0.4 is 4.90 Å². The van der Waals surface area contributed by atoms with Crippen molar-refractivity contribution in [3.63, 3.8) is 0 Å². The molecule has 1 unspecified atom stereocenters. The van der Waals surface area contributed by atoms with E-state index in [9.17, 15) is 9.18 Å². The fraction of sp³-hybridized carbons (Fsp3) is 0.300. The predicted molar refractivity (Wildman–Crippen MR) is 47.4 cm³/mol. The van der Waals surface area contributed by atoms with Crippen LogP contribution in [-0.4, -0.2) is 19.6 Å². The molecule has 14 heavy (non-hydrogen) atoms. The molecule has 0 saturated carbocycles. The van der Waals surface area contributed by atoms with E-state index in [1.807, 2.05) is 0 Å². The van der Waals surface area contributed by atoms with Gasteiger partial charge in [-0.25, -0.2) is 4.39 Å². The minimum absolute atomic E-state index is 0.169. The van der Waals surface area contributed by atoms with Crippen molar-refractivity contribution >= 4 is 11.6 Å². The second kappa shape index (κ2) is 2.15. The monoisotopic (exact) mass is 193 g/mol. The zero-order valence-corrected chi connectivity index (χ0v) is 7.58. The van der Waals surface area contributed by atoms with Crippen LogP contribution in [0, 0.1) is 5.82 Å². The number of ether oxygens (including phenoxy) is 1. The minimum atomic E-state index is -0.855. The Labute approximate surface area is 80.1 Å². The number of carbonyl (C=O) groups excluding carboxylic acids is 1. The Morgan fingerprint density at radius 1 is 1.57 bits per heavy atom. The number of halogens is 1. The molecule has 1 aromatic rings. The molecule has 3 nitrogen and oxygen atoms in total. The van der Waals surface area contributed by atoms with E-state index < -0.39 is 5.60 Å². The Balaban J connectivity index is 2.31. The maximum Gasteiger partial charge on any atom is 0.266 e. The standard InChI is InChI=1S/C10H8FNO2/c1-12-8-6(3-2-4-7(8)11)10(5-14-10)9(12)13/h2-4H,5H2,1H3. The SMILES string of the molecule is CN1C(=O)C2(CO2)c2cccc(F)c21. The van der Waals surface area contributed by atoms with Crippen molar-refractivity contribution in [2.24, 2.45) is 0 Å².